The molecule has 1 amide bonds. The van der Waals surface area contributed by atoms with Crippen molar-refractivity contribution in [2.75, 3.05) is 26.7 Å². The zero-order valence-electron chi connectivity index (χ0n) is 9.88. The zero-order valence-corrected chi connectivity index (χ0v) is 9.88. The maximum absolute atomic E-state index is 13.0. The van der Waals surface area contributed by atoms with Gasteiger partial charge in [0.15, 0.2) is 5.41 Å². The summed E-state index contributed by atoms with van der Waals surface area (Å²) in [5.74, 6) is -2.22. The van der Waals surface area contributed by atoms with E-state index in [0.29, 0.717) is 0 Å². The topological polar surface area (TPSA) is 69.6 Å². The summed E-state index contributed by atoms with van der Waals surface area (Å²) in [7, 11) is 1.19. The molecule has 1 saturated heterocycles. The number of nitrogens with zero attached hydrogens (tertiary/aromatic N) is 1. The number of hydrogen-bond donors (Lipinski definition) is 2. The van der Waals surface area contributed by atoms with E-state index in [2.05, 4.69) is 5.32 Å². The van der Waals surface area contributed by atoms with Gasteiger partial charge in [-0.1, -0.05) is 0 Å². The van der Waals surface area contributed by atoms with Gasteiger partial charge in [-0.2, -0.15) is 13.2 Å². The minimum absolute atomic E-state index is 0.123. The molecule has 104 valence electrons. The third-order valence-electron chi connectivity index (χ3n) is 3.12. The fourth-order valence-electron chi connectivity index (χ4n) is 1.97. The highest BCUT2D eigenvalue weighted by Gasteiger charge is 2.62. The number of nitrogens with one attached hydrogen (secondary N) is 1. The number of hydrogen-bond acceptors (Lipinski definition) is 3. The molecule has 1 unspecified atom stereocenters. The van der Waals surface area contributed by atoms with Crippen LogP contribution in [0, 0.1) is 5.41 Å². The molecule has 1 fully saturated rings. The van der Waals surface area contributed by atoms with E-state index in [-0.39, 0.29) is 25.9 Å². The van der Waals surface area contributed by atoms with Gasteiger partial charge in [-0.3, -0.25) is 9.59 Å². The molecule has 0 radical (unpaired) electrons. The third kappa shape index (κ3) is 2.74. The summed E-state index contributed by atoms with van der Waals surface area (Å²) in [6, 6.07) is 0. The first kappa shape index (κ1) is 14.7. The van der Waals surface area contributed by atoms with Gasteiger partial charge in [0.05, 0.1) is 6.42 Å². The molecule has 8 heteroatoms. The van der Waals surface area contributed by atoms with Crippen molar-refractivity contribution in [2.45, 2.75) is 19.0 Å². The number of carboxylic acid groups (broad SMARTS) is 1. The monoisotopic (exact) mass is 268 g/mol. The fourth-order valence-corrected chi connectivity index (χ4v) is 1.97. The highest BCUT2D eigenvalue weighted by molar-refractivity contribution is 5.84. The molecule has 0 aromatic heterocycles. The summed E-state index contributed by atoms with van der Waals surface area (Å²) < 4.78 is 39.1. The smallest absolute Gasteiger partial charge is 0.404 e. The van der Waals surface area contributed by atoms with Crippen LogP contribution in [0.1, 0.15) is 12.8 Å². The molecular weight excluding hydrogens is 253 g/mol. The molecule has 0 bridgehead atoms. The third-order valence-corrected chi connectivity index (χ3v) is 3.12. The Bertz CT molecular complexity index is 338. The van der Waals surface area contributed by atoms with Crippen LogP contribution in [0.4, 0.5) is 13.2 Å². The predicted molar refractivity (Wildman–Crippen MR) is 55.9 cm³/mol. The number of carbonyl (C=O) groups is 2. The molecule has 1 heterocycles. The molecule has 2 N–H and O–H groups in total. The molecule has 1 aliphatic heterocycles. The molecular formula is C10H15F3N2O3. The van der Waals surface area contributed by atoms with Gasteiger partial charge >= 0.3 is 12.1 Å². The minimum atomic E-state index is -4.63. The second kappa shape index (κ2) is 5.13. The zero-order chi connectivity index (χ0) is 14.0. The first-order chi connectivity index (χ1) is 8.21. The lowest BCUT2D eigenvalue weighted by Crippen LogP contribution is -2.52. The normalized spacial score (nSPS) is 24.0. The highest BCUT2D eigenvalue weighted by Crippen LogP contribution is 2.44. The quantitative estimate of drug-likeness (QED) is 0.777. The Kier molecular flexibility index (Phi) is 4.20. The molecule has 18 heavy (non-hydrogen) atoms. The standard InChI is InChI=1S/C10H15F3N2O3/c1-15(5-2-7(16)17)8(18)9(10(11,12)13)3-4-14-6-9/h14H,2-6H2,1H3,(H,16,17). The molecule has 5 nitrogen and oxygen atoms in total. The lowest BCUT2D eigenvalue weighted by Gasteiger charge is -2.33. The van der Waals surface area contributed by atoms with Gasteiger partial charge < -0.3 is 15.3 Å². The number of carboxylic acids is 1. The predicted octanol–water partition coefficient (Wildman–Crippen LogP) is 0.461. The van der Waals surface area contributed by atoms with Gasteiger partial charge in [0.1, 0.15) is 0 Å². The van der Waals surface area contributed by atoms with Gasteiger partial charge in [0.2, 0.25) is 5.91 Å². The van der Waals surface area contributed by atoms with Gasteiger partial charge in [-0.05, 0) is 13.0 Å². The van der Waals surface area contributed by atoms with Gasteiger partial charge in [0, 0.05) is 20.1 Å². The number of rotatable bonds is 4. The van der Waals surface area contributed by atoms with Crippen LogP contribution in [0.25, 0.3) is 0 Å². The van der Waals surface area contributed by atoms with Crippen molar-refractivity contribution >= 4 is 11.9 Å². The van der Waals surface area contributed by atoms with Crippen LogP contribution in [0.5, 0.6) is 0 Å². The van der Waals surface area contributed by atoms with Crippen molar-refractivity contribution in [3.8, 4) is 0 Å². The van der Waals surface area contributed by atoms with Gasteiger partial charge in [-0.25, -0.2) is 0 Å². The average Bonchev–Trinajstić information content (AvgIpc) is 2.74. The number of amides is 1. The number of halogens is 3. The van der Waals surface area contributed by atoms with Crippen LogP contribution >= 0.6 is 0 Å². The van der Waals surface area contributed by atoms with Crippen molar-refractivity contribution in [1.29, 1.82) is 0 Å². The Balaban J connectivity index is 2.81. The van der Waals surface area contributed by atoms with Crippen molar-refractivity contribution in [3.63, 3.8) is 0 Å². The molecule has 0 spiro atoms. The molecule has 0 saturated carbocycles. The first-order valence-electron chi connectivity index (χ1n) is 5.45. The molecule has 0 aromatic rings. The van der Waals surface area contributed by atoms with E-state index in [0.717, 1.165) is 4.90 Å². The Morgan fingerprint density at radius 3 is 2.44 bits per heavy atom. The largest absolute Gasteiger partial charge is 0.481 e. The van der Waals surface area contributed by atoms with E-state index < -0.39 is 30.0 Å². The molecule has 0 aromatic carbocycles. The Morgan fingerprint density at radius 2 is 2.06 bits per heavy atom. The maximum atomic E-state index is 13.0. The number of alkyl halides is 3. The fraction of sp³-hybridized carbons (Fsp3) is 0.800. The molecule has 1 aliphatic rings. The Hall–Kier alpha value is -1.31. The van der Waals surface area contributed by atoms with Crippen LogP contribution in [-0.2, 0) is 9.59 Å². The summed E-state index contributed by atoms with van der Waals surface area (Å²) in [5, 5.41) is 11.0. The number of carbonyl (C=O) groups excluding carboxylic acids is 1. The van der Waals surface area contributed by atoms with E-state index in [9.17, 15) is 22.8 Å². The maximum Gasteiger partial charge on any atom is 0.404 e. The average molecular weight is 268 g/mol. The van der Waals surface area contributed by atoms with Crippen LogP contribution in [0.15, 0.2) is 0 Å². The van der Waals surface area contributed by atoms with E-state index in [1.54, 1.807) is 0 Å². The SMILES string of the molecule is CN(CCC(=O)O)C(=O)C1(C(F)(F)F)CCNC1. The van der Waals surface area contributed by atoms with Crippen LogP contribution in [-0.4, -0.2) is 54.7 Å². The number of aliphatic carboxylic acids is 1. The lowest BCUT2D eigenvalue weighted by molar-refractivity contribution is -0.221. The second-order valence-corrected chi connectivity index (χ2v) is 4.38. The molecule has 1 atom stereocenters. The molecule has 1 rings (SSSR count). The summed E-state index contributed by atoms with van der Waals surface area (Å²) in [5.41, 5.74) is -2.42. The van der Waals surface area contributed by atoms with E-state index >= 15 is 0 Å². The van der Waals surface area contributed by atoms with E-state index in [4.69, 9.17) is 5.11 Å². The van der Waals surface area contributed by atoms with Crippen molar-refractivity contribution < 1.29 is 27.9 Å². The summed E-state index contributed by atoms with van der Waals surface area (Å²) in [6.07, 6.45) is -5.32. The van der Waals surface area contributed by atoms with Crippen molar-refractivity contribution in [2.24, 2.45) is 5.41 Å². The van der Waals surface area contributed by atoms with Crippen molar-refractivity contribution in [3.05, 3.63) is 0 Å². The summed E-state index contributed by atoms with van der Waals surface area (Å²) in [6.45, 7) is -0.559. The van der Waals surface area contributed by atoms with Crippen molar-refractivity contribution in [1.82, 2.24) is 10.2 Å². The van der Waals surface area contributed by atoms with Crippen LogP contribution < -0.4 is 5.32 Å². The van der Waals surface area contributed by atoms with Gasteiger partial charge in [0.25, 0.3) is 0 Å². The van der Waals surface area contributed by atoms with Crippen LogP contribution in [0.2, 0.25) is 0 Å². The second-order valence-electron chi connectivity index (χ2n) is 4.38. The minimum Gasteiger partial charge on any atom is -0.481 e. The summed E-state index contributed by atoms with van der Waals surface area (Å²) >= 11 is 0. The molecule has 0 aliphatic carbocycles. The first-order valence-corrected chi connectivity index (χ1v) is 5.45. The van der Waals surface area contributed by atoms with Gasteiger partial charge in [-0.15, -0.1) is 0 Å². The lowest BCUT2D eigenvalue weighted by atomic mass is 9.84. The highest BCUT2D eigenvalue weighted by atomic mass is 19.4. The Labute approximate surface area is 102 Å². The van der Waals surface area contributed by atoms with E-state index in [1.165, 1.54) is 7.05 Å². The van der Waals surface area contributed by atoms with E-state index in [1.807, 2.05) is 0 Å². The summed E-state index contributed by atoms with van der Waals surface area (Å²) in [4.78, 5) is 23.1. The Morgan fingerprint density at radius 1 is 1.44 bits per heavy atom. The van der Waals surface area contributed by atoms with Crippen LogP contribution in [0.3, 0.4) is 0 Å².